The predicted molar refractivity (Wildman–Crippen MR) is 72.4 cm³/mol. The largest absolute Gasteiger partial charge is 0.394 e. The lowest BCUT2D eigenvalue weighted by atomic mass is 10.2. The molecule has 1 fully saturated rings. The summed E-state index contributed by atoms with van der Waals surface area (Å²) < 4.78 is 0. The number of aliphatic hydroxyl groups is 1. The molecule has 4 nitrogen and oxygen atoms in total. The van der Waals surface area contributed by atoms with Crippen molar-refractivity contribution in [3.8, 4) is 0 Å². The molecular weight excluding hydrogens is 236 g/mol. The van der Waals surface area contributed by atoms with Gasteiger partial charge in [-0.25, -0.2) is 4.79 Å². The van der Waals surface area contributed by atoms with Crippen LogP contribution in [0.4, 0.5) is 4.79 Å². The first-order valence-corrected chi connectivity index (χ1v) is 7.53. The Hall–Kier alpha value is -0.420. The Morgan fingerprint density at radius 2 is 2.24 bits per heavy atom. The highest BCUT2D eigenvalue weighted by Gasteiger charge is 2.25. The van der Waals surface area contributed by atoms with E-state index in [1.165, 1.54) is 6.42 Å². The second kappa shape index (κ2) is 7.82. The molecule has 100 valence electrons. The fourth-order valence-electron chi connectivity index (χ4n) is 2.15. The maximum absolute atomic E-state index is 11.7. The van der Waals surface area contributed by atoms with E-state index in [0.29, 0.717) is 11.3 Å². The van der Waals surface area contributed by atoms with Crippen molar-refractivity contribution >= 4 is 17.8 Å². The summed E-state index contributed by atoms with van der Waals surface area (Å²) in [5.41, 5.74) is 0. The van der Waals surface area contributed by atoms with Gasteiger partial charge in [0.1, 0.15) is 0 Å². The summed E-state index contributed by atoms with van der Waals surface area (Å²) in [6, 6.07) is 0.0329. The number of thioether (sulfide) groups is 1. The van der Waals surface area contributed by atoms with E-state index in [-0.39, 0.29) is 18.7 Å². The Morgan fingerprint density at radius 1 is 1.47 bits per heavy atom. The van der Waals surface area contributed by atoms with Gasteiger partial charge in [-0.2, -0.15) is 11.8 Å². The Bertz CT molecular complexity index is 235. The van der Waals surface area contributed by atoms with E-state index in [4.69, 9.17) is 5.11 Å². The van der Waals surface area contributed by atoms with Crippen LogP contribution in [-0.4, -0.2) is 40.8 Å². The smallest absolute Gasteiger partial charge is 0.315 e. The number of rotatable bonds is 6. The summed E-state index contributed by atoms with van der Waals surface area (Å²) in [5.74, 6) is 1.14. The average Bonchev–Trinajstić information content (AvgIpc) is 2.74. The minimum Gasteiger partial charge on any atom is -0.394 e. The van der Waals surface area contributed by atoms with Crippen molar-refractivity contribution in [2.75, 3.05) is 12.4 Å². The number of amides is 2. The standard InChI is InChI=1S/C12H24N2O2S/c1-3-9(8-15)13-12(16)14-10-5-6-11(7-10)17-4-2/h9-11,15H,3-8H2,1-2H3,(H2,13,14,16)/t9-,10+,11+/m0/s1. The van der Waals surface area contributed by atoms with Gasteiger partial charge < -0.3 is 15.7 Å². The van der Waals surface area contributed by atoms with Crippen LogP contribution in [0.5, 0.6) is 0 Å². The van der Waals surface area contributed by atoms with E-state index in [1.807, 2.05) is 18.7 Å². The number of carbonyl (C=O) groups excluding carboxylic acids is 1. The number of urea groups is 1. The van der Waals surface area contributed by atoms with Gasteiger partial charge in [-0.3, -0.25) is 0 Å². The zero-order chi connectivity index (χ0) is 12.7. The lowest BCUT2D eigenvalue weighted by molar-refractivity contribution is 0.212. The summed E-state index contributed by atoms with van der Waals surface area (Å²) in [6.07, 6.45) is 4.09. The van der Waals surface area contributed by atoms with Gasteiger partial charge in [0.2, 0.25) is 0 Å². The van der Waals surface area contributed by atoms with Gasteiger partial charge in [0.25, 0.3) is 0 Å². The quantitative estimate of drug-likeness (QED) is 0.681. The third kappa shape index (κ3) is 5.17. The van der Waals surface area contributed by atoms with E-state index < -0.39 is 0 Å². The number of nitrogens with one attached hydrogen (secondary N) is 2. The van der Waals surface area contributed by atoms with Crippen LogP contribution in [0.3, 0.4) is 0 Å². The minimum atomic E-state index is -0.141. The molecule has 0 heterocycles. The van der Waals surface area contributed by atoms with Crippen LogP contribution in [0.2, 0.25) is 0 Å². The van der Waals surface area contributed by atoms with Gasteiger partial charge in [-0.05, 0) is 31.4 Å². The fourth-order valence-corrected chi connectivity index (χ4v) is 3.29. The molecule has 0 aromatic heterocycles. The summed E-state index contributed by atoms with van der Waals surface area (Å²) >= 11 is 1.98. The average molecular weight is 260 g/mol. The van der Waals surface area contributed by atoms with Crippen LogP contribution in [0, 0.1) is 0 Å². The van der Waals surface area contributed by atoms with Crippen LogP contribution >= 0.6 is 11.8 Å². The number of aliphatic hydroxyl groups excluding tert-OH is 1. The van der Waals surface area contributed by atoms with Crippen LogP contribution in [0.1, 0.15) is 39.5 Å². The van der Waals surface area contributed by atoms with E-state index in [0.717, 1.165) is 25.0 Å². The molecule has 1 saturated carbocycles. The van der Waals surface area contributed by atoms with E-state index >= 15 is 0 Å². The Balaban J connectivity index is 2.23. The van der Waals surface area contributed by atoms with Gasteiger partial charge in [0.15, 0.2) is 0 Å². The minimum absolute atomic E-state index is 0.00288. The first-order chi connectivity index (χ1) is 8.19. The first-order valence-electron chi connectivity index (χ1n) is 6.49. The molecule has 0 aromatic carbocycles. The molecule has 0 aliphatic heterocycles. The summed E-state index contributed by atoms with van der Waals surface area (Å²) in [6.45, 7) is 4.12. The molecule has 0 spiro atoms. The maximum Gasteiger partial charge on any atom is 0.315 e. The van der Waals surface area contributed by atoms with Gasteiger partial charge in [0, 0.05) is 11.3 Å². The predicted octanol–water partition coefficient (Wildman–Crippen LogP) is 1.73. The van der Waals surface area contributed by atoms with Crippen molar-refractivity contribution in [1.29, 1.82) is 0 Å². The molecule has 0 radical (unpaired) electrons. The molecule has 0 aromatic rings. The molecule has 0 unspecified atom stereocenters. The molecular formula is C12H24N2O2S. The third-order valence-corrected chi connectivity index (χ3v) is 4.40. The summed E-state index contributed by atoms with van der Waals surface area (Å²) in [4.78, 5) is 11.7. The molecule has 17 heavy (non-hydrogen) atoms. The zero-order valence-electron chi connectivity index (χ0n) is 10.7. The van der Waals surface area contributed by atoms with Crippen molar-refractivity contribution in [2.45, 2.75) is 56.9 Å². The van der Waals surface area contributed by atoms with Gasteiger partial charge in [-0.1, -0.05) is 13.8 Å². The molecule has 0 bridgehead atoms. The maximum atomic E-state index is 11.7. The fraction of sp³-hybridized carbons (Fsp3) is 0.917. The van der Waals surface area contributed by atoms with Crippen LogP contribution in [-0.2, 0) is 0 Å². The molecule has 0 saturated heterocycles. The van der Waals surface area contributed by atoms with Gasteiger partial charge >= 0.3 is 6.03 Å². The van der Waals surface area contributed by atoms with Gasteiger partial charge in [0.05, 0.1) is 12.6 Å². The SMILES string of the molecule is CCS[C@@H]1CC[C@@H](NC(=O)N[C@@H](CC)CO)C1. The Morgan fingerprint density at radius 3 is 2.82 bits per heavy atom. The lowest BCUT2D eigenvalue weighted by Gasteiger charge is -2.18. The van der Waals surface area contributed by atoms with E-state index in [2.05, 4.69) is 17.6 Å². The molecule has 1 aliphatic carbocycles. The molecule has 3 N–H and O–H groups in total. The summed E-state index contributed by atoms with van der Waals surface area (Å²) in [5, 5.41) is 15.5. The molecule has 1 rings (SSSR count). The molecule has 2 amide bonds. The van der Waals surface area contributed by atoms with Crippen molar-refractivity contribution in [3.63, 3.8) is 0 Å². The second-order valence-corrected chi connectivity index (χ2v) is 6.07. The third-order valence-electron chi connectivity index (χ3n) is 3.17. The number of hydrogen-bond acceptors (Lipinski definition) is 3. The van der Waals surface area contributed by atoms with E-state index in [1.54, 1.807) is 0 Å². The van der Waals surface area contributed by atoms with Crippen molar-refractivity contribution in [1.82, 2.24) is 10.6 Å². The van der Waals surface area contributed by atoms with Crippen LogP contribution in [0.15, 0.2) is 0 Å². The number of hydrogen-bond donors (Lipinski definition) is 3. The van der Waals surface area contributed by atoms with E-state index in [9.17, 15) is 4.79 Å². The van der Waals surface area contributed by atoms with Crippen LogP contribution in [0.25, 0.3) is 0 Å². The van der Waals surface area contributed by atoms with Crippen molar-refractivity contribution in [2.24, 2.45) is 0 Å². The second-order valence-electron chi connectivity index (χ2n) is 4.49. The normalized spacial score (nSPS) is 25.6. The highest BCUT2D eigenvalue weighted by Crippen LogP contribution is 2.29. The van der Waals surface area contributed by atoms with Gasteiger partial charge in [-0.15, -0.1) is 0 Å². The van der Waals surface area contributed by atoms with Crippen molar-refractivity contribution < 1.29 is 9.90 Å². The van der Waals surface area contributed by atoms with Crippen molar-refractivity contribution in [3.05, 3.63) is 0 Å². The highest BCUT2D eigenvalue weighted by molar-refractivity contribution is 7.99. The Kier molecular flexibility index (Phi) is 6.73. The molecule has 3 atom stereocenters. The lowest BCUT2D eigenvalue weighted by Crippen LogP contribution is -2.46. The monoisotopic (exact) mass is 260 g/mol. The first kappa shape index (κ1) is 14.6. The molecule has 1 aliphatic rings. The molecule has 5 heteroatoms. The number of carbonyl (C=O) groups is 1. The topological polar surface area (TPSA) is 61.4 Å². The highest BCUT2D eigenvalue weighted by atomic mass is 32.2. The zero-order valence-corrected chi connectivity index (χ0v) is 11.6. The van der Waals surface area contributed by atoms with Crippen LogP contribution < -0.4 is 10.6 Å². The Labute approximate surface area is 108 Å². The summed E-state index contributed by atoms with van der Waals surface area (Å²) in [7, 11) is 0.